The lowest BCUT2D eigenvalue weighted by Crippen LogP contribution is -2.40. The highest BCUT2D eigenvalue weighted by Gasteiger charge is 2.48. The molecular weight excluding hydrogens is 363 g/mol. The monoisotopic (exact) mass is 379 g/mol. The van der Waals surface area contributed by atoms with Crippen LogP contribution in [0.15, 0.2) is 28.7 Å². The van der Waals surface area contributed by atoms with Gasteiger partial charge in [-0.3, -0.25) is 0 Å². The Kier molecular flexibility index (Phi) is 5.14. The Morgan fingerprint density at radius 1 is 1.28 bits per heavy atom. The maximum absolute atomic E-state index is 13.0. The molecule has 25 heavy (non-hydrogen) atoms. The third-order valence-electron chi connectivity index (χ3n) is 3.71. The zero-order valence-corrected chi connectivity index (χ0v) is 14.2. The van der Waals surface area contributed by atoms with Crippen LogP contribution in [0.5, 0.6) is 5.75 Å². The molecule has 1 unspecified atom stereocenters. The Morgan fingerprint density at radius 2 is 1.88 bits per heavy atom. The van der Waals surface area contributed by atoms with Crippen molar-refractivity contribution in [3.05, 3.63) is 29.3 Å². The van der Waals surface area contributed by atoms with E-state index in [0.717, 1.165) is 24.3 Å². The molecule has 10 heteroatoms. The second kappa shape index (κ2) is 6.68. The summed E-state index contributed by atoms with van der Waals surface area (Å²) in [5.41, 5.74) is -1.04. The first-order valence-corrected chi connectivity index (χ1v) is 8.78. The van der Waals surface area contributed by atoms with Crippen LogP contribution in [0.2, 0.25) is 0 Å². The van der Waals surface area contributed by atoms with Crippen LogP contribution in [-0.4, -0.2) is 49.2 Å². The molecule has 1 aromatic rings. The minimum atomic E-state index is -4.91. The van der Waals surface area contributed by atoms with Gasteiger partial charge in [0.05, 0.1) is 10.5 Å². The van der Waals surface area contributed by atoms with E-state index >= 15 is 0 Å². The number of ether oxygens (including phenoxy) is 1. The average molecular weight is 379 g/mol. The van der Waals surface area contributed by atoms with Crippen molar-refractivity contribution >= 4 is 22.1 Å². The van der Waals surface area contributed by atoms with E-state index in [1.807, 2.05) is 0 Å². The van der Waals surface area contributed by atoms with Crippen LogP contribution >= 0.6 is 0 Å². The van der Waals surface area contributed by atoms with Gasteiger partial charge in [0.25, 0.3) is 0 Å². The van der Waals surface area contributed by atoms with Gasteiger partial charge in [-0.2, -0.15) is 17.5 Å². The van der Waals surface area contributed by atoms with Crippen molar-refractivity contribution in [2.75, 3.05) is 13.1 Å². The van der Waals surface area contributed by atoms with E-state index in [4.69, 9.17) is 9.84 Å². The van der Waals surface area contributed by atoms with Crippen molar-refractivity contribution < 1.29 is 36.2 Å². The average Bonchev–Trinajstić information content (AvgIpc) is 2.53. The zero-order chi connectivity index (χ0) is 19.0. The Labute approximate surface area is 142 Å². The molecule has 6 nitrogen and oxygen atoms in total. The summed E-state index contributed by atoms with van der Waals surface area (Å²) in [5.74, 6) is -2.02. The van der Waals surface area contributed by atoms with Gasteiger partial charge in [-0.1, -0.05) is 13.8 Å². The molecule has 0 aliphatic carbocycles. The smallest absolute Gasteiger partial charge is 0.430 e. The van der Waals surface area contributed by atoms with E-state index in [9.17, 15) is 26.4 Å². The van der Waals surface area contributed by atoms with Gasteiger partial charge < -0.3 is 9.84 Å². The van der Waals surface area contributed by atoms with E-state index in [-0.39, 0.29) is 29.3 Å². The summed E-state index contributed by atoms with van der Waals surface area (Å²) >= 11 is 0. The number of carboxylic acid groups (broad SMARTS) is 1. The number of benzene rings is 1. The number of hydrogen-bond acceptors (Lipinski definition) is 4. The number of fused-ring (bicyclic) bond motifs is 1. The van der Waals surface area contributed by atoms with E-state index in [1.165, 1.54) is 4.31 Å². The molecule has 0 spiro atoms. The largest absolute Gasteiger partial charge is 0.478 e. The summed E-state index contributed by atoms with van der Waals surface area (Å²) in [6.07, 6.45) is -6.73. The van der Waals surface area contributed by atoms with Gasteiger partial charge in [-0.25, -0.2) is 13.2 Å². The van der Waals surface area contributed by atoms with Gasteiger partial charge in [0.1, 0.15) is 5.75 Å². The van der Waals surface area contributed by atoms with Crippen LogP contribution < -0.4 is 4.74 Å². The van der Waals surface area contributed by atoms with Crippen molar-refractivity contribution in [2.45, 2.75) is 31.0 Å². The molecule has 1 aliphatic rings. The van der Waals surface area contributed by atoms with Crippen molar-refractivity contribution in [3.63, 3.8) is 0 Å². The molecule has 1 aliphatic heterocycles. The van der Waals surface area contributed by atoms with Crippen molar-refractivity contribution in [1.82, 2.24) is 4.31 Å². The van der Waals surface area contributed by atoms with Crippen LogP contribution in [0.3, 0.4) is 0 Å². The Bertz CT molecular complexity index is 813. The van der Waals surface area contributed by atoms with Crippen LogP contribution in [0.4, 0.5) is 13.2 Å². The highest BCUT2D eigenvalue weighted by atomic mass is 32.2. The molecular formula is C15H16F3NO5S. The molecule has 2 rings (SSSR count). The number of aliphatic carboxylic acids is 1. The molecule has 0 amide bonds. The number of sulfonamides is 1. The molecule has 138 valence electrons. The molecule has 1 aromatic carbocycles. The van der Waals surface area contributed by atoms with Gasteiger partial charge in [0, 0.05) is 18.7 Å². The van der Waals surface area contributed by atoms with Crippen LogP contribution in [0.1, 0.15) is 19.4 Å². The van der Waals surface area contributed by atoms with Gasteiger partial charge in [0.15, 0.2) is 0 Å². The van der Waals surface area contributed by atoms with Gasteiger partial charge >= 0.3 is 12.1 Å². The van der Waals surface area contributed by atoms with E-state index in [1.54, 1.807) is 13.8 Å². The minimum absolute atomic E-state index is 0.0360. The molecule has 1 heterocycles. The van der Waals surface area contributed by atoms with Gasteiger partial charge in [0.2, 0.25) is 16.1 Å². The lowest BCUT2D eigenvalue weighted by Gasteiger charge is -2.27. The van der Waals surface area contributed by atoms with Crippen LogP contribution in [0.25, 0.3) is 6.08 Å². The fourth-order valence-electron chi connectivity index (χ4n) is 2.47. The quantitative estimate of drug-likeness (QED) is 0.850. The Balaban J connectivity index is 2.55. The third kappa shape index (κ3) is 3.64. The number of halogens is 3. The number of rotatable bonds is 5. The molecule has 0 fully saturated rings. The second-order valence-electron chi connectivity index (χ2n) is 5.23. The maximum atomic E-state index is 13.0. The molecule has 1 N–H and O–H groups in total. The lowest BCUT2D eigenvalue weighted by molar-refractivity contribution is -0.187. The topological polar surface area (TPSA) is 83.9 Å². The number of nitrogens with zero attached hydrogens (tertiary/aromatic N) is 1. The summed E-state index contributed by atoms with van der Waals surface area (Å²) in [7, 11) is -3.84. The number of hydrogen-bond donors (Lipinski definition) is 1. The third-order valence-corrected chi connectivity index (χ3v) is 5.75. The van der Waals surface area contributed by atoms with Gasteiger partial charge in [-0.15, -0.1) is 0 Å². The molecule has 1 atom stereocenters. The molecule has 0 saturated carbocycles. The fourth-order valence-corrected chi connectivity index (χ4v) is 3.96. The number of carbonyl (C=O) groups is 1. The second-order valence-corrected chi connectivity index (χ2v) is 7.17. The number of alkyl halides is 3. The normalized spacial score (nSPS) is 17.7. The van der Waals surface area contributed by atoms with Gasteiger partial charge in [-0.05, 0) is 24.3 Å². The molecule has 0 radical (unpaired) electrons. The highest BCUT2D eigenvalue weighted by Crippen LogP contribution is 2.38. The summed E-state index contributed by atoms with van der Waals surface area (Å²) in [6.45, 7) is 3.75. The highest BCUT2D eigenvalue weighted by molar-refractivity contribution is 7.89. The predicted molar refractivity (Wildman–Crippen MR) is 82.6 cm³/mol. The van der Waals surface area contributed by atoms with Crippen LogP contribution in [-0.2, 0) is 14.8 Å². The first-order valence-electron chi connectivity index (χ1n) is 7.34. The molecule has 0 saturated heterocycles. The summed E-state index contributed by atoms with van der Waals surface area (Å²) in [6, 6.07) is 3.34. The standard InChI is InChI=1S/C15H16F3NO5S/c1-3-19(4-2)25(22,23)10-5-6-12-9(7-10)8-11(14(20)21)13(24-12)15(16,17)18/h5-8,13H,3-4H2,1-2H3,(H,20,21). The first kappa shape index (κ1) is 19.3. The van der Waals surface area contributed by atoms with Crippen LogP contribution in [0, 0.1) is 0 Å². The van der Waals surface area contributed by atoms with Crippen molar-refractivity contribution in [3.8, 4) is 5.75 Å². The van der Waals surface area contributed by atoms with E-state index in [2.05, 4.69) is 0 Å². The summed E-state index contributed by atoms with van der Waals surface area (Å²) in [5, 5.41) is 9.02. The summed E-state index contributed by atoms with van der Waals surface area (Å²) in [4.78, 5) is 11.0. The number of carboxylic acids is 1. The maximum Gasteiger partial charge on any atom is 0.430 e. The Hall–Kier alpha value is -2.07. The predicted octanol–water partition coefficient (Wildman–Crippen LogP) is 2.51. The van der Waals surface area contributed by atoms with E-state index in [0.29, 0.717) is 0 Å². The molecule has 0 aromatic heterocycles. The summed E-state index contributed by atoms with van der Waals surface area (Å²) < 4.78 is 69.9. The SMILES string of the molecule is CCN(CC)S(=O)(=O)c1ccc2c(c1)C=C(C(=O)O)C(C(F)(F)F)O2. The van der Waals surface area contributed by atoms with Crippen molar-refractivity contribution in [2.24, 2.45) is 0 Å². The lowest BCUT2D eigenvalue weighted by atomic mass is 10.0. The zero-order valence-electron chi connectivity index (χ0n) is 13.4. The Morgan fingerprint density at radius 3 is 2.36 bits per heavy atom. The first-order chi connectivity index (χ1) is 11.5. The fraction of sp³-hybridized carbons (Fsp3) is 0.400. The molecule has 0 bridgehead atoms. The van der Waals surface area contributed by atoms with Crippen molar-refractivity contribution in [1.29, 1.82) is 0 Å². The van der Waals surface area contributed by atoms with E-state index < -0.39 is 33.8 Å². The minimum Gasteiger partial charge on any atom is -0.478 e.